The SMILES string of the molecule is C[C@H]1C[C@@]2(CCN1Cc1cn(-c3ncccn3)cn1)OC[C@H](O)c1cc(Cl)sc12. The van der Waals surface area contributed by atoms with E-state index in [1.807, 2.05) is 16.8 Å². The standard InChI is InChI=1S/C20H22ClN5O2S/c1-13-8-20(18-15(7-17(21)29-18)16(27)11-28-20)3-6-25(13)9-14-10-26(12-24-14)19-22-4-2-5-23-19/h2,4-5,7,10,12-13,16,27H,3,6,8-9,11H2,1H3/t13-,16-,20+/m0/s1. The van der Waals surface area contributed by atoms with E-state index in [9.17, 15) is 5.11 Å². The second-order valence-electron chi connectivity index (χ2n) is 7.75. The number of nitrogens with zero attached hydrogens (tertiary/aromatic N) is 5. The van der Waals surface area contributed by atoms with Gasteiger partial charge in [0.05, 0.1) is 16.6 Å². The highest BCUT2D eigenvalue weighted by molar-refractivity contribution is 7.16. The van der Waals surface area contributed by atoms with Crippen LogP contribution in [-0.4, -0.2) is 48.7 Å². The second-order valence-corrected chi connectivity index (χ2v) is 9.43. The highest BCUT2D eigenvalue weighted by Gasteiger charge is 2.46. The van der Waals surface area contributed by atoms with Crippen LogP contribution in [0.15, 0.2) is 37.1 Å². The van der Waals surface area contributed by atoms with E-state index < -0.39 is 6.10 Å². The largest absolute Gasteiger partial charge is 0.386 e. The summed E-state index contributed by atoms with van der Waals surface area (Å²) in [6.07, 6.45) is 8.34. The van der Waals surface area contributed by atoms with Gasteiger partial charge in [0, 0.05) is 48.2 Å². The van der Waals surface area contributed by atoms with Crippen molar-refractivity contribution in [1.82, 2.24) is 24.4 Å². The van der Waals surface area contributed by atoms with Crippen LogP contribution in [0.25, 0.3) is 5.95 Å². The molecular weight excluding hydrogens is 410 g/mol. The van der Waals surface area contributed by atoms with Gasteiger partial charge >= 0.3 is 0 Å². The fraction of sp³-hybridized carbons (Fsp3) is 0.450. The molecule has 3 atom stereocenters. The molecular formula is C20H22ClN5O2S. The first-order chi connectivity index (χ1) is 14.0. The molecule has 7 nitrogen and oxygen atoms in total. The molecule has 5 heterocycles. The van der Waals surface area contributed by atoms with Crippen molar-refractivity contribution in [3.05, 3.63) is 57.5 Å². The molecule has 1 fully saturated rings. The number of aliphatic hydroxyl groups is 1. The lowest BCUT2D eigenvalue weighted by molar-refractivity contribution is -0.139. The van der Waals surface area contributed by atoms with Crippen molar-refractivity contribution in [3.8, 4) is 5.95 Å². The molecule has 0 bridgehead atoms. The lowest BCUT2D eigenvalue weighted by Gasteiger charge is -2.47. The van der Waals surface area contributed by atoms with Gasteiger partial charge in [0.15, 0.2) is 0 Å². The van der Waals surface area contributed by atoms with E-state index >= 15 is 0 Å². The molecule has 0 amide bonds. The van der Waals surface area contributed by atoms with E-state index in [4.69, 9.17) is 16.3 Å². The third-order valence-corrected chi connectivity index (χ3v) is 7.32. The molecule has 9 heteroatoms. The Labute approximate surface area is 178 Å². The predicted octanol–water partition coefficient (Wildman–Crippen LogP) is 3.32. The summed E-state index contributed by atoms with van der Waals surface area (Å²) in [5.74, 6) is 0.619. The maximum atomic E-state index is 10.3. The number of aliphatic hydroxyl groups excluding tert-OH is 1. The normalized spacial score (nSPS) is 27.3. The number of imidazole rings is 1. The Morgan fingerprint density at radius 1 is 1.34 bits per heavy atom. The molecule has 0 unspecified atom stereocenters. The average molecular weight is 432 g/mol. The van der Waals surface area contributed by atoms with Gasteiger partial charge in [-0.3, -0.25) is 9.47 Å². The number of aromatic nitrogens is 4. The zero-order chi connectivity index (χ0) is 20.0. The Hall–Kier alpha value is -1.84. The molecule has 29 heavy (non-hydrogen) atoms. The summed E-state index contributed by atoms with van der Waals surface area (Å²) in [4.78, 5) is 16.6. The number of thiophene rings is 1. The molecule has 2 aliphatic rings. The molecule has 0 aliphatic carbocycles. The van der Waals surface area contributed by atoms with E-state index in [1.165, 1.54) is 11.3 Å². The van der Waals surface area contributed by atoms with Crippen molar-refractivity contribution in [2.24, 2.45) is 0 Å². The quantitative estimate of drug-likeness (QED) is 0.685. The number of hydrogen-bond acceptors (Lipinski definition) is 7. The number of halogens is 1. The number of likely N-dealkylation sites (tertiary alicyclic amines) is 1. The van der Waals surface area contributed by atoms with Crippen LogP contribution in [0.5, 0.6) is 0 Å². The van der Waals surface area contributed by atoms with Crippen LogP contribution >= 0.6 is 22.9 Å². The molecule has 1 saturated heterocycles. The van der Waals surface area contributed by atoms with Crippen molar-refractivity contribution in [2.45, 2.75) is 44.1 Å². The zero-order valence-corrected chi connectivity index (χ0v) is 17.6. The van der Waals surface area contributed by atoms with Crippen molar-refractivity contribution in [3.63, 3.8) is 0 Å². The van der Waals surface area contributed by atoms with Gasteiger partial charge in [0.1, 0.15) is 18.0 Å². The Morgan fingerprint density at radius 2 is 2.17 bits per heavy atom. The summed E-state index contributed by atoms with van der Waals surface area (Å²) < 4.78 is 8.78. The van der Waals surface area contributed by atoms with Gasteiger partial charge < -0.3 is 9.84 Å². The first kappa shape index (κ1) is 19.1. The monoisotopic (exact) mass is 431 g/mol. The number of ether oxygens (including phenoxy) is 1. The van der Waals surface area contributed by atoms with Gasteiger partial charge in [-0.15, -0.1) is 11.3 Å². The van der Waals surface area contributed by atoms with Gasteiger partial charge in [-0.1, -0.05) is 11.6 Å². The van der Waals surface area contributed by atoms with Crippen molar-refractivity contribution in [1.29, 1.82) is 0 Å². The van der Waals surface area contributed by atoms with E-state index in [-0.39, 0.29) is 5.60 Å². The van der Waals surface area contributed by atoms with Gasteiger partial charge in [-0.05, 0) is 31.9 Å². The topological polar surface area (TPSA) is 76.3 Å². The third-order valence-electron chi connectivity index (χ3n) is 5.86. The predicted molar refractivity (Wildman–Crippen MR) is 110 cm³/mol. The minimum atomic E-state index is -0.586. The lowest BCUT2D eigenvalue weighted by atomic mass is 9.81. The molecule has 0 saturated carbocycles. The smallest absolute Gasteiger partial charge is 0.234 e. The molecule has 1 N–H and O–H groups in total. The fourth-order valence-corrected chi connectivity index (χ4v) is 5.86. The Bertz CT molecular complexity index is 1010. The molecule has 0 aromatic carbocycles. The van der Waals surface area contributed by atoms with Gasteiger partial charge in [-0.2, -0.15) is 0 Å². The first-order valence-corrected chi connectivity index (χ1v) is 10.9. The van der Waals surface area contributed by atoms with Crippen LogP contribution in [0, 0.1) is 0 Å². The average Bonchev–Trinajstić information content (AvgIpc) is 3.35. The minimum absolute atomic E-state index is 0.311. The Kier molecular flexibility index (Phi) is 4.92. The maximum absolute atomic E-state index is 10.3. The second kappa shape index (κ2) is 7.45. The maximum Gasteiger partial charge on any atom is 0.234 e. The molecule has 0 radical (unpaired) electrons. The number of fused-ring (bicyclic) bond motifs is 2. The summed E-state index contributed by atoms with van der Waals surface area (Å²) in [5.41, 5.74) is 1.58. The van der Waals surface area contributed by atoms with E-state index in [1.54, 1.807) is 24.8 Å². The van der Waals surface area contributed by atoms with Crippen molar-refractivity contribution < 1.29 is 9.84 Å². The Morgan fingerprint density at radius 3 is 2.97 bits per heavy atom. The zero-order valence-electron chi connectivity index (χ0n) is 16.0. The molecule has 152 valence electrons. The van der Waals surface area contributed by atoms with Crippen LogP contribution in [0.2, 0.25) is 4.34 Å². The van der Waals surface area contributed by atoms with Crippen LogP contribution < -0.4 is 0 Å². The van der Waals surface area contributed by atoms with E-state index in [0.29, 0.717) is 22.9 Å². The van der Waals surface area contributed by atoms with Gasteiger partial charge in [0.2, 0.25) is 5.95 Å². The molecule has 2 aliphatic heterocycles. The van der Waals surface area contributed by atoms with Crippen molar-refractivity contribution >= 4 is 22.9 Å². The summed E-state index contributed by atoms with van der Waals surface area (Å²) in [5, 5.41) is 10.3. The highest BCUT2D eigenvalue weighted by Crippen LogP contribution is 2.50. The minimum Gasteiger partial charge on any atom is -0.386 e. The van der Waals surface area contributed by atoms with Crippen LogP contribution in [0.3, 0.4) is 0 Å². The van der Waals surface area contributed by atoms with Crippen molar-refractivity contribution in [2.75, 3.05) is 13.2 Å². The third kappa shape index (κ3) is 3.49. The van der Waals surface area contributed by atoms with Crippen LogP contribution in [-0.2, 0) is 16.9 Å². The first-order valence-electron chi connectivity index (χ1n) is 9.70. The number of rotatable bonds is 3. The van der Waals surface area contributed by atoms with Gasteiger partial charge in [-0.25, -0.2) is 15.0 Å². The molecule has 5 rings (SSSR count). The molecule has 3 aromatic rings. The summed E-state index contributed by atoms with van der Waals surface area (Å²) in [6, 6.07) is 4.00. The van der Waals surface area contributed by atoms with Crippen LogP contribution in [0.1, 0.15) is 42.0 Å². The lowest BCUT2D eigenvalue weighted by Crippen LogP contribution is -2.50. The Balaban J connectivity index is 1.31. The summed E-state index contributed by atoms with van der Waals surface area (Å²) in [6.45, 7) is 4.20. The summed E-state index contributed by atoms with van der Waals surface area (Å²) >= 11 is 7.80. The fourth-order valence-electron chi connectivity index (χ4n) is 4.38. The molecule has 3 aromatic heterocycles. The number of piperidine rings is 1. The summed E-state index contributed by atoms with van der Waals surface area (Å²) in [7, 11) is 0. The number of hydrogen-bond donors (Lipinski definition) is 1. The van der Waals surface area contributed by atoms with Gasteiger partial charge in [0.25, 0.3) is 0 Å². The van der Waals surface area contributed by atoms with Crippen LogP contribution in [0.4, 0.5) is 0 Å². The molecule has 1 spiro atoms. The van der Waals surface area contributed by atoms with E-state index in [0.717, 1.165) is 42.1 Å². The highest BCUT2D eigenvalue weighted by atomic mass is 35.5. The van der Waals surface area contributed by atoms with E-state index in [2.05, 4.69) is 26.8 Å².